The molecule has 3 rings (SSSR count). The highest BCUT2D eigenvalue weighted by atomic mass is 127. The molecule has 1 fully saturated rings. The van der Waals surface area contributed by atoms with Gasteiger partial charge < -0.3 is 20.4 Å². The lowest BCUT2D eigenvalue weighted by molar-refractivity contribution is -0.131. The molecule has 1 saturated heterocycles. The smallest absolute Gasteiger partial charge is 0.224 e. The van der Waals surface area contributed by atoms with Gasteiger partial charge in [0.2, 0.25) is 5.91 Å². The van der Waals surface area contributed by atoms with Crippen LogP contribution in [0.5, 0.6) is 0 Å². The van der Waals surface area contributed by atoms with E-state index in [9.17, 15) is 4.79 Å². The molecule has 2 aromatic rings. The maximum atomic E-state index is 12.5. The normalized spacial score (nSPS) is 14.1. The molecule has 7 nitrogen and oxygen atoms in total. The Bertz CT molecular complexity index is 843. The quantitative estimate of drug-likeness (QED) is 0.312. The highest BCUT2D eigenvalue weighted by molar-refractivity contribution is 14.0. The van der Waals surface area contributed by atoms with Gasteiger partial charge in [0.05, 0.1) is 0 Å². The lowest BCUT2D eigenvalue weighted by Crippen LogP contribution is -2.49. The van der Waals surface area contributed by atoms with Crippen LogP contribution in [-0.4, -0.2) is 68.1 Å². The van der Waals surface area contributed by atoms with Gasteiger partial charge in [-0.05, 0) is 36.2 Å². The van der Waals surface area contributed by atoms with Crippen LogP contribution in [0, 0.1) is 0 Å². The molecule has 0 bridgehead atoms. The first-order valence-corrected chi connectivity index (χ1v) is 10.7. The molecule has 2 N–H and O–H groups in total. The van der Waals surface area contributed by atoms with Crippen molar-refractivity contribution in [3.05, 3.63) is 59.2 Å². The molecule has 1 aliphatic heterocycles. The number of amides is 1. The number of carbonyl (C=O) groups excluding carboxylic acids is 1. The summed E-state index contributed by atoms with van der Waals surface area (Å²) < 4.78 is 0. The lowest BCUT2D eigenvalue weighted by Gasteiger charge is -2.35. The molecule has 0 spiro atoms. The summed E-state index contributed by atoms with van der Waals surface area (Å²) >= 11 is 6.02. The van der Waals surface area contributed by atoms with Crippen LogP contribution in [0.15, 0.2) is 53.7 Å². The molecular weight excluding hydrogens is 527 g/mol. The van der Waals surface area contributed by atoms with Gasteiger partial charge in [0.15, 0.2) is 5.96 Å². The zero-order valence-corrected chi connectivity index (χ0v) is 20.8. The maximum absolute atomic E-state index is 12.5. The molecule has 0 atom stereocenters. The van der Waals surface area contributed by atoms with Crippen LogP contribution in [0.25, 0.3) is 0 Å². The zero-order chi connectivity index (χ0) is 21.2. The van der Waals surface area contributed by atoms with Gasteiger partial charge in [0, 0.05) is 64.0 Å². The highest BCUT2D eigenvalue weighted by Crippen LogP contribution is 2.13. The number of hydrogen-bond acceptors (Lipinski definition) is 4. The SMILES string of the molecule is CN=C(NCCC(=O)N1CCN(c2ccccn2)CC1)NCCc1cccc(Cl)c1.I. The summed E-state index contributed by atoms with van der Waals surface area (Å²) in [5.74, 6) is 1.83. The largest absolute Gasteiger partial charge is 0.356 e. The van der Waals surface area contributed by atoms with E-state index in [1.54, 1.807) is 13.2 Å². The second-order valence-electron chi connectivity index (χ2n) is 7.11. The number of aliphatic imine (C=N–C) groups is 1. The summed E-state index contributed by atoms with van der Waals surface area (Å²) in [6, 6.07) is 13.7. The van der Waals surface area contributed by atoms with Gasteiger partial charge >= 0.3 is 0 Å². The predicted molar refractivity (Wildman–Crippen MR) is 138 cm³/mol. The first kappa shape index (κ1) is 25.2. The molecule has 1 aromatic carbocycles. The van der Waals surface area contributed by atoms with E-state index in [0.29, 0.717) is 18.9 Å². The molecule has 1 aromatic heterocycles. The molecular formula is C22H30ClIN6O. The molecule has 168 valence electrons. The van der Waals surface area contributed by atoms with E-state index in [0.717, 1.165) is 50.0 Å². The van der Waals surface area contributed by atoms with Gasteiger partial charge in [-0.3, -0.25) is 9.79 Å². The van der Waals surface area contributed by atoms with E-state index >= 15 is 0 Å². The molecule has 2 heterocycles. The molecule has 0 unspecified atom stereocenters. The fourth-order valence-corrected chi connectivity index (χ4v) is 3.62. The minimum atomic E-state index is 0. The Labute approximate surface area is 206 Å². The number of benzene rings is 1. The van der Waals surface area contributed by atoms with Gasteiger partial charge in [-0.25, -0.2) is 4.98 Å². The molecule has 31 heavy (non-hydrogen) atoms. The Balaban J connectivity index is 0.00000341. The van der Waals surface area contributed by atoms with Gasteiger partial charge in [0.1, 0.15) is 5.82 Å². The molecule has 9 heteroatoms. The highest BCUT2D eigenvalue weighted by Gasteiger charge is 2.21. The van der Waals surface area contributed by atoms with Gasteiger partial charge in [-0.1, -0.05) is 29.8 Å². The topological polar surface area (TPSA) is 72.9 Å². The number of halogens is 2. The third-order valence-corrected chi connectivity index (χ3v) is 5.29. The number of nitrogens with one attached hydrogen (secondary N) is 2. The Hall–Kier alpha value is -2.07. The summed E-state index contributed by atoms with van der Waals surface area (Å²) in [4.78, 5) is 25.3. The molecule has 0 saturated carbocycles. The van der Waals surface area contributed by atoms with Crippen molar-refractivity contribution < 1.29 is 4.79 Å². The van der Waals surface area contributed by atoms with Crippen molar-refractivity contribution in [2.24, 2.45) is 4.99 Å². The average molecular weight is 557 g/mol. The minimum absolute atomic E-state index is 0. The lowest BCUT2D eigenvalue weighted by atomic mass is 10.1. The van der Waals surface area contributed by atoms with Crippen molar-refractivity contribution in [2.75, 3.05) is 51.2 Å². The predicted octanol–water partition coefficient (Wildman–Crippen LogP) is 2.80. The summed E-state index contributed by atoms with van der Waals surface area (Å²) in [6.45, 7) is 4.36. The van der Waals surface area contributed by atoms with Crippen LogP contribution in [0.1, 0.15) is 12.0 Å². The van der Waals surface area contributed by atoms with Gasteiger partial charge in [0.25, 0.3) is 0 Å². The summed E-state index contributed by atoms with van der Waals surface area (Å²) in [7, 11) is 1.73. The summed E-state index contributed by atoms with van der Waals surface area (Å²) in [5.41, 5.74) is 1.17. The molecule has 1 amide bonds. The van der Waals surface area contributed by atoms with Crippen molar-refractivity contribution in [3.63, 3.8) is 0 Å². The van der Waals surface area contributed by atoms with E-state index in [1.165, 1.54) is 5.56 Å². The average Bonchev–Trinajstić information content (AvgIpc) is 2.78. The molecule has 0 radical (unpaired) electrons. The van der Waals surface area contributed by atoms with Crippen molar-refractivity contribution >= 4 is 53.3 Å². The Morgan fingerprint density at radius 2 is 1.87 bits per heavy atom. The standard InChI is InChI=1S/C22H29ClN6O.HI/c1-24-22(26-11-8-18-5-4-6-19(23)17-18)27-12-9-21(30)29-15-13-28(14-16-29)20-7-2-3-10-25-20;/h2-7,10,17H,8-9,11-16H2,1H3,(H2,24,26,27);1H. The number of pyridine rings is 1. The summed E-state index contributed by atoms with van der Waals surface area (Å²) in [6.07, 6.45) is 3.09. The second-order valence-corrected chi connectivity index (χ2v) is 7.55. The number of anilines is 1. The fourth-order valence-electron chi connectivity index (χ4n) is 3.41. The summed E-state index contributed by atoms with van der Waals surface area (Å²) in [5, 5.41) is 7.23. The van der Waals surface area contributed by atoms with Gasteiger partial charge in [-0.15, -0.1) is 24.0 Å². The van der Waals surface area contributed by atoms with Crippen LogP contribution in [0.2, 0.25) is 5.02 Å². The van der Waals surface area contributed by atoms with E-state index in [2.05, 4.69) is 31.6 Å². The number of hydrogen-bond donors (Lipinski definition) is 2. The fraction of sp³-hybridized carbons (Fsp3) is 0.409. The molecule has 1 aliphatic rings. The van der Waals surface area contributed by atoms with Crippen LogP contribution in [0.4, 0.5) is 5.82 Å². The van der Waals surface area contributed by atoms with Crippen LogP contribution in [-0.2, 0) is 11.2 Å². The number of nitrogens with zero attached hydrogens (tertiary/aromatic N) is 4. The third kappa shape index (κ3) is 8.17. The number of guanidine groups is 1. The van der Waals surface area contributed by atoms with Crippen LogP contribution >= 0.6 is 35.6 Å². The van der Waals surface area contributed by atoms with Crippen molar-refractivity contribution in [1.29, 1.82) is 0 Å². The number of carbonyl (C=O) groups is 1. The van der Waals surface area contributed by atoms with E-state index in [-0.39, 0.29) is 29.9 Å². The second kappa shape index (κ2) is 13.4. The van der Waals surface area contributed by atoms with Crippen molar-refractivity contribution in [2.45, 2.75) is 12.8 Å². The Kier molecular flexibility index (Phi) is 10.9. The monoisotopic (exact) mass is 556 g/mol. The first-order valence-electron chi connectivity index (χ1n) is 10.3. The first-order chi connectivity index (χ1) is 14.7. The maximum Gasteiger partial charge on any atom is 0.224 e. The van der Waals surface area contributed by atoms with E-state index in [4.69, 9.17) is 11.6 Å². The Morgan fingerprint density at radius 3 is 2.55 bits per heavy atom. The minimum Gasteiger partial charge on any atom is -0.356 e. The molecule has 0 aliphatic carbocycles. The van der Waals surface area contributed by atoms with Crippen LogP contribution < -0.4 is 15.5 Å². The zero-order valence-electron chi connectivity index (χ0n) is 17.8. The Morgan fingerprint density at radius 1 is 1.10 bits per heavy atom. The van der Waals surface area contributed by atoms with Crippen molar-refractivity contribution in [1.82, 2.24) is 20.5 Å². The van der Waals surface area contributed by atoms with Gasteiger partial charge in [-0.2, -0.15) is 0 Å². The van der Waals surface area contributed by atoms with E-state index < -0.39 is 0 Å². The van der Waals surface area contributed by atoms with Crippen LogP contribution in [0.3, 0.4) is 0 Å². The number of aromatic nitrogens is 1. The van der Waals surface area contributed by atoms with E-state index in [1.807, 2.05) is 41.3 Å². The third-order valence-electron chi connectivity index (χ3n) is 5.06. The number of rotatable bonds is 7. The number of piperazine rings is 1. The van der Waals surface area contributed by atoms with Crippen molar-refractivity contribution in [3.8, 4) is 0 Å².